The number of pyridine rings is 2. The van der Waals surface area contributed by atoms with E-state index in [1.54, 1.807) is 35.6 Å². The number of aromatic nitrogens is 2. The second-order valence-corrected chi connectivity index (χ2v) is 9.56. The Bertz CT molecular complexity index is 1160. The quantitative estimate of drug-likeness (QED) is 0.585. The van der Waals surface area contributed by atoms with Crippen LogP contribution in [0.1, 0.15) is 42.7 Å². The molecule has 0 saturated carbocycles. The zero-order chi connectivity index (χ0) is 23.6. The average molecular weight is 466 g/mol. The molecular formula is C26H28ClN3O3. The molecule has 1 amide bonds. The summed E-state index contributed by atoms with van der Waals surface area (Å²) in [5, 5.41) is 19.8. The summed E-state index contributed by atoms with van der Waals surface area (Å²) < 4.78 is 0. The Balaban J connectivity index is 1.60. The predicted molar refractivity (Wildman–Crippen MR) is 129 cm³/mol. The minimum atomic E-state index is -0.445. The molecule has 2 aromatic heterocycles. The Labute approximate surface area is 198 Å². The lowest BCUT2D eigenvalue weighted by molar-refractivity contribution is 0.0546. The molecule has 2 N–H and O–H groups in total. The van der Waals surface area contributed by atoms with E-state index < -0.39 is 5.41 Å². The van der Waals surface area contributed by atoms with Gasteiger partial charge in [-0.1, -0.05) is 31.5 Å². The third-order valence-corrected chi connectivity index (χ3v) is 6.51. The molecule has 172 valence electrons. The fourth-order valence-electron chi connectivity index (χ4n) is 3.94. The van der Waals surface area contributed by atoms with Crippen LogP contribution in [-0.2, 0) is 5.41 Å². The standard InChI is InChI=1S/C26H28ClN3O3/c1-26(2,16-31)24-13-17(5-8-29-24)19-11-20(15-28-14-19)22-4-3-18(12-23(22)27)25(33)30-9-6-21(32)7-10-30/h3-5,8,11-15,21,31-32H,6-7,9-10,16H2,1-2H3. The van der Waals surface area contributed by atoms with Gasteiger partial charge in [0, 0.05) is 70.1 Å². The highest BCUT2D eigenvalue weighted by molar-refractivity contribution is 6.33. The van der Waals surface area contributed by atoms with Gasteiger partial charge in [-0.15, -0.1) is 0 Å². The predicted octanol–water partition coefficient (Wildman–Crippen LogP) is 4.33. The van der Waals surface area contributed by atoms with E-state index in [9.17, 15) is 15.0 Å². The highest BCUT2D eigenvalue weighted by Crippen LogP contribution is 2.32. The molecule has 1 saturated heterocycles. The van der Waals surface area contributed by atoms with E-state index in [1.165, 1.54) is 0 Å². The van der Waals surface area contributed by atoms with Crippen LogP contribution in [-0.4, -0.2) is 56.8 Å². The van der Waals surface area contributed by atoms with Crippen LogP contribution in [0, 0.1) is 0 Å². The molecule has 1 aliphatic heterocycles. The normalized spacial score (nSPS) is 15.0. The van der Waals surface area contributed by atoms with Crippen LogP contribution in [0.3, 0.4) is 0 Å². The molecule has 0 radical (unpaired) electrons. The summed E-state index contributed by atoms with van der Waals surface area (Å²) in [5.74, 6) is -0.0713. The highest BCUT2D eigenvalue weighted by Gasteiger charge is 2.23. The summed E-state index contributed by atoms with van der Waals surface area (Å²) in [4.78, 5) is 23.4. The Morgan fingerprint density at radius 1 is 1.09 bits per heavy atom. The topological polar surface area (TPSA) is 86.6 Å². The third-order valence-electron chi connectivity index (χ3n) is 6.20. The molecule has 6 nitrogen and oxygen atoms in total. The first-order valence-electron chi connectivity index (χ1n) is 11.1. The van der Waals surface area contributed by atoms with Crippen LogP contribution in [0.5, 0.6) is 0 Å². The van der Waals surface area contributed by atoms with Gasteiger partial charge in [0.15, 0.2) is 0 Å². The number of rotatable bonds is 5. The number of aliphatic hydroxyl groups is 2. The summed E-state index contributed by atoms with van der Waals surface area (Å²) in [6.07, 6.45) is 6.14. The Morgan fingerprint density at radius 3 is 2.52 bits per heavy atom. The van der Waals surface area contributed by atoms with Gasteiger partial charge in [0.25, 0.3) is 5.91 Å². The van der Waals surface area contributed by atoms with Gasteiger partial charge in [0.2, 0.25) is 0 Å². The summed E-state index contributed by atoms with van der Waals surface area (Å²) in [7, 11) is 0. The first kappa shape index (κ1) is 23.4. The van der Waals surface area contributed by atoms with E-state index in [4.69, 9.17) is 11.6 Å². The summed E-state index contributed by atoms with van der Waals surface area (Å²) in [6.45, 7) is 4.99. The number of piperidine rings is 1. The molecule has 0 aliphatic carbocycles. The second-order valence-electron chi connectivity index (χ2n) is 9.15. The lowest BCUT2D eigenvalue weighted by Gasteiger charge is -2.29. The number of likely N-dealkylation sites (tertiary alicyclic amines) is 1. The minimum absolute atomic E-state index is 0.000426. The van der Waals surface area contributed by atoms with Crippen molar-refractivity contribution in [1.82, 2.24) is 14.9 Å². The second kappa shape index (κ2) is 9.59. The van der Waals surface area contributed by atoms with Gasteiger partial charge in [-0.2, -0.15) is 0 Å². The zero-order valence-corrected chi connectivity index (χ0v) is 19.6. The van der Waals surface area contributed by atoms with Crippen molar-refractivity contribution in [3.8, 4) is 22.3 Å². The summed E-state index contributed by atoms with van der Waals surface area (Å²) in [5.41, 5.74) is 4.39. The van der Waals surface area contributed by atoms with Crippen molar-refractivity contribution in [1.29, 1.82) is 0 Å². The van der Waals surface area contributed by atoms with E-state index in [2.05, 4.69) is 9.97 Å². The fraction of sp³-hybridized carbons (Fsp3) is 0.346. The van der Waals surface area contributed by atoms with Crippen molar-refractivity contribution in [2.75, 3.05) is 19.7 Å². The van der Waals surface area contributed by atoms with Gasteiger partial charge in [-0.3, -0.25) is 14.8 Å². The first-order valence-corrected chi connectivity index (χ1v) is 11.5. The largest absolute Gasteiger partial charge is 0.395 e. The zero-order valence-electron chi connectivity index (χ0n) is 18.8. The lowest BCUT2D eigenvalue weighted by Crippen LogP contribution is -2.40. The molecule has 3 heterocycles. The van der Waals surface area contributed by atoms with Crippen molar-refractivity contribution >= 4 is 17.5 Å². The SMILES string of the molecule is CC(C)(CO)c1cc(-c2cncc(-c3ccc(C(=O)N4CCC(O)CC4)cc3Cl)c2)ccn1. The maximum atomic E-state index is 12.8. The molecule has 3 aromatic rings. The lowest BCUT2D eigenvalue weighted by atomic mass is 9.88. The molecule has 4 rings (SSSR count). The number of amides is 1. The molecule has 1 aromatic carbocycles. The molecule has 0 atom stereocenters. The Kier molecular flexibility index (Phi) is 6.79. The number of aliphatic hydroxyl groups excluding tert-OH is 2. The van der Waals surface area contributed by atoms with Crippen molar-refractivity contribution < 1.29 is 15.0 Å². The van der Waals surface area contributed by atoms with Gasteiger partial charge >= 0.3 is 0 Å². The molecule has 0 spiro atoms. The van der Waals surface area contributed by atoms with Crippen molar-refractivity contribution in [3.63, 3.8) is 0 Å². The molecular weight excluding hydrogens is 438 g/mol. The van der Waals surface area contributed by atoms with Gasteiger partial charge < -0.3 is 15.1 Å². The van der Waals surface area contributed by atoms with E-state index >= 15 is 0 Å². The van der Waals surface area contributed by atoms with Gasteiger partial charge in [-0.25, -0.2) is 0 Å². The van der Waals surface area contributed by atoms with E-state index in [1.807, 2.05) is 38.1 Å². The van der Waals surface area contributed by atoms with Crippen molar-refractivity contribution in [3.05, 3.63) is 71.3 Å². The Hall–Kier alpha value is -2.80. The molecule has 1 aliphatic rings. The number of hydrogen-bond acceptors (Lipinski definition) is 5. The van der Waals surface area contributed by atoms with Crippen LogP contribution in [0.4, 0.5) is 0 Å². The van der Waals surface area contributed by atoms with Crippen molar-refractivity contribution in [2.45, 2.75) is 38.2 Å². The van der Waals surface area contributed by atoms with Gasteiger partial charge in [0.1, 0.15) is 0 Å². The van der Waals surface area contributed by atoms with Gasteiger partial charge in [-0.05, 0) is 48.7 Å². The monoisotopic (exact) mass is 465 g/mol. The van der Waals surface area contributed by atoms with Crippen LogP contribution in [0.15, 0.2) is 55.0 Å². The van der Waals surface area contributed by atoms with Crippen LogP contribution in [0.25, 0.3) is 22.3 Å². The molecule has 0 bridgehead atoms. The number of halogens is 1. The van der Waals surface area contributed by atoms with E-state index in [0.29, 0.717) is 36.5 Å². The number of hydrogen-bond donors (Lipinski definition) is 2. The van der Waals surface area contributed by atoms with E-state index in [-0.39, 0.29) is 18.6 Å². The number of carbonyl (C=O) groups is 1. The fourth-order valence-corrected chi connectivity index (χ4v) is 4.23. The maximum absolute atomic E-state index is 12.8. The number of carbonyl (C=O) groups excluding carboxylic acids is 1. The smallest absolute Gasteiger partial charge is 0.253 e. The molecule has 0 unspecified atom stereocenters. The maximum Gasteiger partial charge on any atom is 0.253 e. The summed E-state index contributed by atoms with van der Waals surface area (Å²) in [6, 6.07) is 11.2. The summed E-state index contributed by atoms with van der Waals surface area (Å²) >= 11 is 6.60. The average Bonchev–Trinajstić information content (AvgIpc) is 2.84. The van der Waals surface area contributed by atoms with E-state index in [0.717, 1.165) is 27.9 Å². The van der Waals surface area contributed by atoms with Crippen LogP contribution in [0.2, 0.25) is 5.02 Å². The van der Waals surface area contributed by atoms with Crippen LogP contribution < -0.4 is 0 Å². The highest BCUT2D eigenvalue weighted by atomic mass is 35.5. The van der Waals surface area contributed by atoms with Gasteiger partial charge in [0.05, 0.1) is 12.7 Å². The number of benzene rings is 1. The van der Waals surface area contributed by atoms with Crippen LogP contribution >= 0.6 is 11.6 Å². The molecule has 7 heteroatoms. The number of nitrogens with zero attached hydrogens (tertiary/aromatic N) is 3. The first-order chi connectivity index (χ1) is 15.8. The molecule has 1 fully saturated rings. The third kappa shape index (κ3) is 5.08. The Morgan fingerprint density at radius 2 is 1.82 bits per heavy atom. The minimum Gasteiger partial charge on any atom is -0.395 e. The van der Waals surface area contributed by atoms with Crippen molar-refractivity contribution in [2.24, 2.45) is 0 Å². The molecule has 33 heavy (non-hydrogen) atoms.